The number of hydrogen-bond donors (Lipinski definition) is 1. The van der Waals surface area contributed by atoms with E-state index in [1.165, 1.54) is 28.0 Å². The molecule has 0 radical (unpaired) electrons. The average molecular weight is 410 g/mol. The Bertz CT molecular complexity index is 1130. The Morgan fingerprint density at radius 3 is 2.67 bits per heavy atom. The van der Waals surface area contributed by atoms with Crippen LogP contribution in [-0.4, -0.2) is 15.0 Å². The van der Waals surface area contributed by atoms with Gasteiger partial charge < -0.3 is 5.32 Å². The maximum Gasteiger partial charge on any atom is 0.332 e. The Labute approximate surface area is 162 Å². The van der Waals surface area contributed by atoms with E-state index in [2.05, 4.69) is 5.32 Å². The van der Waals surface area contributed by atoms with Crippen molar-refractivity contribution < 1.29 is 9.18 Å². The number of aromatic nitrogens is 2. The van der Waals surface area contributed by atoms with E-state index in [4.69, 9.17) is 11.6 Å². The Balaban J connectivity index is 1.98. The third-order valence-electron chi connectivity index (χ3n) is 3.89. The summed E-state index contributed by atoms with van der Waals surface area (Å²) < 4.78 is 16.7. The number of fused-ring (bicyclic) bond motifs is 1. The molecule has 2 aromatic heterocycles. The second-order valence-corrected chi connectivity index (χ2v) is 7.84. The summed E-state index contributed by atoms with van der Waals surface area (Å²) in [7, 11) is 0. The van der Waals surface area contributed by atoms with Gasteiger partial charge in [-0.2, -0.15) is 0 Å². The van der Waals surface area contributed by atoms with Crippen molar-refractivity contribution in [2.75, 3.05) is 5.32 Å². The van der Waals surface area contributed by atoms with Crippen LogP contribution in [0.25, 0.3) is 10.2 Å². The summed E-state index contributed by atoms with van der Waals surface area (Å²) in [5.41, 5.74) is -0.568. The predicted molar refractivity (Wildman–Crippen MR) is 105 cm³/mol. The van der Waals surface area contributed by atoms with Gasteiger partial charge in [0.15, 0.2) is 0 Å². The van der Waals surface area contributed by atoms with E-state index >= 15 is 0 Å². The van der Waals surface area contributed by atoms with Crippen molar-refractivity contribution in [2.45, 2.75) is 26.9 Å². The molecule has 0 saturated heterocycles. The molecule has 2 heterocycles. The normalized spacial score (nSPS) is 11.3. The molecule has 0 spiro atoms. The number of benzene rings is 1. The van der Waals surface area contributed by atoms with E-state index < -0.39 is 17.4 Å². The molecular formula is C18H17ClFN3O3S. The molecule has 3 aromatic rings. The Morgan fingerprint density at radius 1 is 1.26 bits per heavy atom. The lowest BCUT2D eigenvalue weighted by Gasteiger charge is -2.14. The van der Waals surface area contributed by atoms with Crippen LogP contribution >= 0.6 is 22.9 Å². The minimum atomic E-state index is -0.673. The van der Waals surface area contributed by atoms with Crippen LogP contribution < -0.4 is 16.6 Å². The van der Waals surface area contributed by atoms with Crippen molar-refractivity contribution in [1.82, 2.24) is 9.13 Å². The quantitative estimate of drug-likeness (QED) is 0.702. The molecule has 0 atom stereocenters. The summed E-state index contributed by atoms with van der Waals surface area (Å²) in [5, 5.41) is 4.33. The number of thiophene rings is 1. The van der Waals surface area contributed by atoms with Crippen molar-refractivity contribution >= 4 is 44.7 Å². The van der Waals surface area contributed by atoms with Crippen molar-refractivity contribution in [3.63, 3.8) is 0 Å². The predicted octanol–water partition coefficient (Wildman–Crippen LogP) is 3.31. The molecule has 6 nitrogen and oxygen atoms in total. The molecule has 9 heteroatoms. The number of amides is 1. The first kappa shape index (κ1) is 19.3. The largest absolute Gasteiger partial charge is 0.332 e. The van der Waals surface area contributed by atoms with E-state index in [9.17, 15) is 18.8 Å². The first-order valence-corrected chi connectivity index (χ1v) is 9.49. The van der Waals surface area contributed by atoms with Crippen LogP contribution in [-0.2, 0) is 17.9 Å². The number of anilines is 1. The molecule has 0 aliphatic rings. The molecule has 3 rings (SSSR count). The highest BCUT2D eigenvalue weighted by Gasteiger charge is 2.17. The second kappa shape index (κ2) is 7.66. The van der Waals surface area contributed by atoms with Gasteiger partial charge in [0, 0.05) is 11.6 Å². The highest BCUT2D eigenvalue weighted by Crippen LogP contribution is 2.19. The van der Waals surface area contributed by atoms with E-state index in [0.29, 0.717) is 10.2 Å². The smallest absolute Gasteiger partial charge is 0.322 e. The third-order valence-corrected chi connectivity index (χ3v) is 5.02. The van der Waals surface area contributed by atoms with E-state index in [1.54, 1.807) is 11.4 Å². The van der Waals surface area contributed by atoms with Crippen molar-refractivity contribution in [3.8, 4) is 0 Å². The number of halogens is 2. The van der Waals surface area contributed by atoms with Gasteiger partial charge in [-0.15, -0.1) is 11.3 Å². The lowest BCUT2D eigenvalue weighted by atomic mass is 10.2. The van der Waals surface area contributed by atoms with E-state index in [-0.39, 0.29) is 35.3 Å². The monoisotopic (exact) mass is 409 g/mol. The molecule has 142 valence electrons. The number of hydrogen-bond acceptors (Lipinski definition) is 4. The van der Waals surface area contributed by atoms with Crippen LogP contribution in [0.3, 0.4) is 0 Å². The Kier molecular flexibility index (Phi) is 5.48. The molecule has 0 aliphatic heterocycles. The summed E-state index contributed by atoms with van der Waals surface area (Å²) in [6.45, 7) is 3.70. The van der Waals surface area contributed by atoms with Gasteiger partial charge >= 0.3 is 5.69 Å². The van der Waals surface area contributed by atoms with E-state index in [0.717, 1.165) is 10.6 Å². The molecule has 0 fully saturated rings. The van der Waals surface area contributed by atoms with Crippen molar-refractivity contribution in [3.05, 3.63) is 61.3 Å². The van der Waals surface area contributed by atoms with Gasteiger partial charge in [-0.3, -0.25) is 18.7 Å². The maximum absolute atomic E-state index is 13.9. The average Bonchev–Trinajstić information content (AvgIpc) is 3.07. The van der Waals surface area contributed by atoms with Gasteiger partial charge in [0.05, 0.1) is 11.2 Å². The summed E-state index contributed by atoms with van der Waals surface area (Å²) in [5.74, 6) is -1.17. The van der Waals surface area contributed by atoms with Crippen LogP contribution in [0, 0.1) is 11.7 Å². The fraction of sp³-hybridized carbons (Fsp3) is 0.278. The summed E-state index contributed by atoms with van der Waals surface area (Å²) in [4.78, 5) is 37.7. The maximum atomic E-state index is 13.9. The van der Waals surface area contributed by atoms with Crippen LogP contribution in [0.5, 0.6) is 0 Å². The Morgan fingerprint density at radius 2 is 2.00 bits per heavy atom. The highest BCUT2D eigenvalue weighted by atomic mass is 35.5. The SMILES string of the molecule is CC(C)Cn1c(=O)c2sccc2n(CC(=O)Nc2ccc(Cl)cc2F)c1=O. The lowest BCUT2D eigenvalue weighted by molar-refractivity contribution is -0.116. The van der Waals surface area contributed by atoms with Gasteiger partial charge in [0.25, 0.3) is 5.56 Å². The summed E-state index contributed by atoms with van der Waals surface area (Å²) in [6, 6.07) is 5.51. The molecule has 1 amide bonds. The number of nitrogens with zero attached hydrogens (tertiary/aromatic N) is 2. The highest BCUT2D eigenvalue weighted by molar-refractivity contribution is 7.17. The van der Waals surface area contributed by atoms with Crippen LogP contribution in [0.15, 0.2) is 39.2 Å². The van der Waals surface area contributed by atoms with Crippen molar-refractivity contribution in [2.24, 2.45) is 5.92 Å². The molecule has 27 heavy (non-hydrogen) atoms. The second-order valence-electron chi connectivity index (χ2n) is 6.49. The zero-order valence-corrected chi connectivity index (χ0v) is 16.2. The molecule has 0 aliphatic carbocycles. The van der Waals surface area contributed by atoms with Crippen LogP contribution in [0.2, 0.25) is 5.02 Å². The van der Waals surface area contributed by atoms with Gasteiger partial charge in [-0.25, -0.2) is 9.18 Å². The topological polar surface area (TPSA) is 73.1 Å². The van der Waals surface area contributed by atoms with Gasteiger partial charge in [0.2, 0.25) is 5.91 Å². The number of carbonyl (C=O) groups excluding carboxylic acids is 1. The minimum absolute atomic E-state index is 0.0329. The zero-order valence-electron chi connectivity index (χ0n) is 14.7. The zero-order chi connectivity index (χ0) is 19.7. The molecule has 1 N–H and O–H groups in total. The molecular weight excluding hydrogens is 393 g/mol. The van der Waals surface area contributed by atoms with E-state index in [1.807, 2.05) is 13.8 Å². The van der Waals surface area contributed by atoms with Crippen molar-refractivity contribution in [1.29, 1.82) is 0 Å². The number of carbonyl (C=O) groups is 1. The first-order chi connectivity index (χ1) is 12.8. The number of rotatable bonds is 5. The first-order valence-electron chi connectivity index (χ1n) is 8.23. The molecule has 0 saturated carbocycles. The molecule has 1 aromatic carbocycles. The van der Waals surface area contributed by atoms with Gasteiger partial charge in [-0.1, -0.05) is 25.4 Å². The third kappa shape index (κ3) is 3.96. The fourth-order valence-corrected chi connectivity index (χ4v) is 3.74. The minimum Gasteiger partial charge on any atom is -0.322 e. The Hall–Kier alpha value is -2.45. The summed E-state index contributed by atoms with van der Waals surface area (Å²) >= 11 is 6.91. The van der Waals surface area contributed by atoms with Crippen LogP contribution in [0.1, 0.15) is 13.8 Å². The lowest BCUT2D eigenvalue weighted by Crippen LogP contribution is -2.42. The molecule has 0 bridgehead atoms. The standard InChI is InChI=1S/C18H17ClFN3O3S/c1-10(2)8-23-17(25)16-14(5-6-27-16)22(18(23)26)9-15(24)21-13-4-3-11(19)7-12(13)20/h3-7,10H,8-9H2,1-2H3,(H,21,24). The van der Waals surface area contributed by atoms with Gasteiger partial charge in [0.1, 0.15) is 17.1 Å². The van der Waals surface area contributed by atoms with Crippen LogP contribution in [0.4, 0.5) is 10.1 Å². The van der Waals surface area contributed by atoms with Gasteiger partial charge in [-0.05, 0) is 35.6 Å². The molecule has 0 unspecified atom stereocenters. The summed E-state index contributed by atoms with van der Waals surface area (Å²) in [6.07, 6.45) is 0. The fourth-order valence-electron chi connectivity index (χ4n) is 2.74. The number of nitrogens with one attached hydrogen (secondary N) is 1.